The molecular formula is C12H14O4. The van der Waals surface area contributed by atoms with Crippen LogP contribution in [0.15, 0.2) is 24.3 Å². The first-order valence-electron chi connectivity index (χ1n) is 5.13. The van der Waals surface area contributed by atoms with Gasteiger partial charge in [0.1, 0.15) is 12.9 Å². The standard InChI is InChI=1S/C12H14O4/c1-14-9-12(15-6-7-16-12)11-4-2-10(8-13)3-5-11/h2-5,8H,6-7,9H2,1H3. The van der Waals surface area contributed by atoms with Crippen LogP contribution in [0.5, 0.6) is 0 Å². The largest absolute Gasteiger partial charge is 0.379 e. The van der Waals surface area contributed by atoms with Crippen molar-refractivity contribution in [2.24, 2.45) is 0 Å². The van der Waals surface area contributed by atoms with Gasteiger partial charge in [-0.15, -0.1) is 0 Å². The minimum absolute atomic E-state index is 0.341. The summed E-state index contributed by atoms with van der Waals surface area (Å²) in [6.07, 6.45) is 0.809. The normalized spacial score (nSPS) is 18.6. The average Bonchev–Trinajstić information content (AvgIpc) is 2.80. The molecule has 2 rings (SSSR count). The van der Waals surface area contributed by atoms with Crippen molar-refractivity contribution in [2.75, 3.05) is 26.9 Å². The average molecular weight is 222 g/mol. The van der Waals surface area contributed by atoms with Crippen LogP contribution in [0.3, 0.4) is 0 Å². The Morgan fingerprint density at radius 3 is 2.44 bits per heavy atom. The van der Waals surface area contributed by atoms with E-state index in [0.717, 1.165) is 11.8 Å². The number of benzene rings is 1. The van der Waals surface area contributed by atoms with Crippen LogP contribution in [0.1, 0.15) is 15.9 Å². The summed E-state index contributed by atoms with van der Waals surface area (Å²) in [4.78, 5) is 10.6. The van der Waals surface area contributed by atoms with Crippen LogP contribution in [0, 0.1) is 0 Å². The molecule has 0 aliphatic carbocycles. The third-order valence-electron chi connectivity index (χ3n) is 2.57. The van der Waals surface area contributed by atoms with Gasteiger partial charge in [0.25, 0.3) is 0 Å². The molecule has 4 heteroatoms. The number of aldehydes is 1. The molecule has 0 radical (unpaired) electrons. The van der Waals surface area contributed by atoms with Crippen molar-refractivity contribution in [3.8, 4) is 0 Å². The van der Waals surface area contributed by atoms with E-state index in [1.54, 1.807) is 19.2 Å². The molecule has 0 unspecified atom stereocenters. The lowest BCUT2D eigenvalue weighted by atomic mass is 10.0. The summed E-state index contributed by atoms with van der Waals surface area (Å²) in [5.41, 5.74) is 1.51. The molecule has 1 aromatic carbocycles. The maximum Gasteiger partial charge on any atom is 0.219 e. The van der Waals surface area contributed by atoms with E-state index in [1.807, 2.05) is 12.1 Å². The number of carbonyl (C=O) groups is 1. The summed E-state index contributed by atoms with van der Waals surface area (Å²) < 4.78 is 16.3. The molecule has 86 valence electrons. The highest BCUT2D eigenvalue weighted by molar-refractivity contribution is 5.74. The van der Waals surface area contributed by atoms with Crippen LogP contribution in [0.4, 0.5) is 0 Å². The second-order valence-electron chi connectivity index (χ2n) is 3.62. The van der Waals surface area contributed by atoms with Crippen molar-refractivity contribution < 1.29 is 19.0 Å². The summed E-state index contributed by atoms with van der Waals surface area (Å²) in [6, 6.07) is 7.14. The van der Waals surface area contributed by atoms with Crippen LogP contribution in [0.25, 0.3) is 0 Å². The molecule has 0 amide bonds. The molecule has 1 fully saturated rings. The highest BCUT2D eigenvalue weighted by Gasteiger charge is 2.38. The summed E-state index contributed by atoms with van der Waals surface area (Å²) in [5, 5.41) is 0. The number of hydrogen-bond acceptors (Lipinski definition) is 4. The molecule has 0 atom stereocenters. The lowest BCUT2D eigenvalue weighted by molar-refractivity contribution is -0.197. The smallest absolute Gasteiger partial charge is 0.219 e. The predicted octanol–water partition coefficient (Wildman–Crippen LogP) is 1.35. The molecule has 0 spiro atoms. The number of hydrogen-bond donors (Lipinski definition) is 0. The highest BCUT2D eigenvalue weighted by Crippen LogP contribution is 2.31. The Kier molecular flexibility index (Phi) is 3.33. The van der Waals surface area contributed by atoms with E-state index in [1.165, 1.54) is 0 Å². The second kappa shape index (κ2) is 4.74. The highest BCUT2D eigenvalue weighted by atomic mass is 16.8. The van der Waals surface area contributed by atoms with Gasteiger partial charge >= 0.3 is 0 Å². The van der Waals surface area contributed by atoms with E-state index in [9.17, 15) is 4.79 Å². The van der Waals surface area contributed by atoms with Gasteiger partial charge in [-0.2, -0.15) is 0 Å². The minimum atomic E-state index is -0.809. The first-order valence-corrected chi connectivity index (χ1v) is 5.13. The zero-order valence-corrected chi connectivity index (χ0v) is 9.14. The number of carbonyl (C=O) groups excluding carboxylic acids is 1. The summed E-state index contributed by atoms with van der Waals surface area (Å²) >= 11 is 0. The maximum atomic E-state index is 10.6. The fourth-order valence-corrected chi connectivity index (χ4v) is 1.79. The summed E-state index contributed by atoms with van der Waals surface area (Å²) in [6.45, 7) is 1.45. The molecule has 1 aromatic rings. The molecule has 16 heavy (non-hydrogen) atoms. The number of methoxy groups -OCH3 is 1. The third kappa shape index (κ3) is 2.00. The van der Waals surface area contributed by atoms with Gasteiger partial charge in [0.2, 0.25) is 5.79 Å². The molecule has 0 aromatic heterocycles. The van der Waals surface area contributed by atoms with Gasteiger partial charge in [0.15, 0.2) is 0 Å². The Hall–Kier alpha value is -1.23. The monoisotopic (exact) mass is 222 g/mol. The van der Waals surface area contributed by atoms with Crippen molar-refractivity contribution in [2.45, 2.75) is 5.79 Å². The SMILES string of the molecule is COCC1(c2ccc(C=O)cc2)OCCO1. The Labute approximate surface area is 94.1 Å². The van der Waals surface area contributed by atoms with Crippen molar-refractivity contribution in [1.29, 1.82) is 0 Å². The number of ether oxygens (including phenoxy) is 3. The third-order valence-corrected chi connectivity index (χ3v) is 2.57. The molecule has 0 N–H and O–H groups in total. The Morgan fingerprint density at radius 2 is 1.94 bits per heavy atom. The molecule has 0 saturated carbocycles. The van der Waals surface area contributed by atoms with Gasteiger partial charge in [-0.3, -0.25) is 4.79 Å². The lowest BCUT2D eigenvalue weighted by Gasteiger charge is -2.26. The molecule has 1 heterocycles. The zero-order valence-electron chi connectivity index (χ0n) is 9.14. The van der Waals surface area contributed by atoms with Gasteiger partial charge < -0.3 is 14.2 Å². The van der Waals surface area contributed by atoms with Crippen molar-refractivity contribution in [3.05, 3.63) is 35.4 Å². The molecule has 0 bridgehead atoms. The van der Waals surface area contributed by atoms with E-state index < -0.39 is 5.79 Å². The Bertz CT molecular complexity index is 352. The van der Waals surface area contributed by atoms with Crippen LogP contribution in [-0.4, -0.2) is 33.2 Å². The van der Waals surface area contributed by atoms with E-state index in [-0.39, 0.29) is 0 Å². The molecule has 1 saturated heterocycles. The Balaban J connectivity index is 2.27. The minimum Gasteiger partial charge on any atom is -0.379 e. The number of rotatable bonds is 4. The first-order chi connectivity index (χ1) is 7.80. The summed E-state index contributed by atoms with van der Waals surface area (Å²) in [5.74, 6) is -0.809. The summed E-state index contributed by atoms with van der Waals surface area (Å²) in [7, 11) is 1.60. The van der Waals surface area contributed by atoms with Crippen molar-refractivity contribution in [3.63, 3.8) is 0 Å². The lowest BCUT2D eigenvalue weighted by Crippen LogP contribution is -2.32. The fourth-order valence-electron chi connectivity index (χ4n) is 1.79. The van der Waals surface area contributed by atoms with Gasteiger partial charge in [-0.1, -0.05) is 24.3 Å². The molecule has 4 nitrogen and oxygen atoms in total. The van der Waals surface area contributed by atoms with E-state index >= 15 is 0 Å². The van der Waals surface area contributed by atoms with E-state index in [2.05, 4.69) is 0 Å². The quantitative estimate of drug-likeness (QED) is 0.721. The predicted molar refractivity (Wildman–Crippen MR) is 57.3 cm³/mol. The second-order valence-corrected chi connectivity index (χ2v) is 3.62. The fraction of sp³-hybridized carbons (Fsp3) is 0.417. The van der Waals surface area contributed by atoms with Gasteiger partial charge in [0.05, 0.1) is 13.2 Å². The van der Waals surface area contributed by atoms with E-state index in [0.29, 0.717) is 25.4 Å². The van der Waals surface area contributed by atoms with Crippen LogP contribution < -0.4 is 0 Å². The topological polar surface area (TPSA) is 44.8 Å². The Morgan fingerprint density at radius 1 is 1.31 bits per heavy atom. The first kappa shape index (κ1) is 11.3. The van der Waals surface area contributed by atoms with Gasteiger partial charge in [-0.05, 0) is 0 Å². The van der Waals surface area contributed by atoms with E-state index in [4.69, 9.17) is 14.2 Å². The van der Waals surface area contributed by atoms with Crippen LogP contribution in [0.2, 0.25) is 0 Å². The molecule has 1 aliphatic heterocycles. The zero-order chi connectivity index (χ0) is 11.4. The maximum absolute atomic E-state index is 10.6. The van der Waals surface area contributed by atoms with Crippen LogP contribution >= 0.6 is 0 Å². The van der Waals surface area contributed by atoms with Crippen LogP contribution in [-0.2, 0) is 20.0 Å². The molecule has 1 aliphatic rings. The van der Waals surface area contributed by atoms with Crippen molar-refractivity contribution >= 4 is 6.29 Å². The van der Waals surface area contributed by atoms with Gasteiger partial charge in [0, 0.05) is 18.2 Å². The van der Waals surface area contributed by atoms with Gasteiger partial charge in [-0.25, -0.2) is 0 Å². The molecular weight excluding hydrogens is 208 g/mol. The van der Waals surface area contributed by atoms with Crippen molar-refractivity contribution in [1.82, 2.24) is 0 Å².